The summed E-state index contributed by atoms with van der Waals surface area (Å²) in [5, 5.41) is 7.17. The molecular formula is C22H25BrClN3O4. The highest BCUT2D eigenvalue weighted by molar-refractivity contribution is 9.10. The molecule has 9 heteroatoms. The monoisotopic (exact) mass is 509 g/mol. The van der Waals surface area contributed by atoms with Crippen molar-refractivity contribution < 1.29 is 19.1 Å². The predicted molar refractivity (Wildman–Crippen MR) is 126 cm³/mol. The normalized spacial score (nSPS) is 10.7. The van der Waals surface area contributed by atoms with Gasteiger partial charge in [0.1, 0.15) is 0 Å². The summed E-state index contributed by atoms with van der Waals surface area (Å²) in [6.07, 6.45) is 2.41. The lowest BCUT2D eigenvalue weighted by Gasteiger charge is -2.14. The van der Waals surface area contributed by atoms with E-state index in [4.69, 9.17) is 21.1 Å². The number of nitrogens with one attached hydrogen (secondary N) is 2. The number of carbonyl (C=O) groups excluding carboxylic acids is 2. The summed E-state index contributed by atoms with van der Waals surface area (Å²) in [5.41, 5.74) is 3.72. The minimum atomic E-state index is -0.371. The molecule has 0 aliphatic rings. The molecular weight excluding hydrogens is 486 g/mol. The van der Waals surface area contributed by atoms with Gasteiger partial charge in [-0.1, -0.05) is 24.6 Å². The Morgan fingerprint density at radius 2 is 1.90 bits per heavy atom. The van der Waals surface area contributed by atoms with Crippen LogP contribution in [0.25, 0.3) is 0 Å². The average Bonchev–Trinajstić information content (AvgIpc) is 2.72. The van der Waals surface area contributed by atoms with Crippen LogP contribution in [0.1, 0.15) is 38.7 Å². The summed E-state index contributed by atoms with van der Waals surface area (Å²) >= 11 is 9.37. The largest absolute Gasteiger partial charge is 0.490 e. The average molecular weight is 511 g/mol. The van der Waals surface area contributed by atoms with Crippen molar-refractivity contribution >= 4 is 51.2 Å². The molecule has 0 unspecified atom stereocenters. The van der Waals surface area contributed by atoms with E-state index < -0.39 is 0 Å². The van der Waals surface area contributed by atoms with E-state index >= 15 is 0 Å². The number of benzene rings is 2. The Labute approximate surface area is 195 Å². The quantitative estimate of drug-likeness (QED) is 0.323. The molecule has 31 heavy (non-hydrogen) atoms. The number of hydrogen-bond acceptors (Lipinski definition) is 5. The molecule has 2 N–H and O–H groups in total. The van der Waals surface area contributed by atoms with Crippen LogP contribution in [0, 0.1) is 0 Å². The number of anilines is 1. The van der Waals surface area contributed by atoms with Crippen molar-refractivity contribution in [1.82, 2.24) is 5.43 Å². The van der Waals surface area contributed by atoms with E-state index in [1.807, 2.05) is 19.9 Å². The van der Waals surface area contributed by atoms with Crippen LogP contribution < -0.4 is 20.2 Å². The molecule has 2 aromatic rings. The number of hydrazone groups is 1. The Morgan fingerprint density at radius 1 is 1.13 bits per heavy atom. The molecule has 7 nitrogen and oxygen atoms in total. The highest BCUT2D eigenvalue weighted by Crippen LogP contribution is 2.36. The topological polar surface area (TPSA) is 89.0 Å². The second kappa shape index (κ2) is 13.0. The Kier molecular flexibility index (Phi) is 10.3. The molecule has 0 saturated heterocycles. The summed E-state index contributed by atoms with van der Waals surface area (Å²) in [7, 11) is 0. The van der Waals surface area contributed by atoms with Crippen LogP contribution in [0.15, 0.2) is 46.0 Å². The van der Waals surface area contributed by atoms with Crippen molar-refractivity contribution in [3.8, 4) is 11.5 Å². The summed E-state index contributed by atoms with van der Waals surface area (Å²) < 4.78 is 12.1. The lowest BCUT2D eigenvalue weighted by Crippen LogP contribution is -2.20. The third kappa shape index (κ3) is 8.59. The predicted octanol–water partition coefficient (Wildman–Crippen LogP) is 5.16. The van der Waals surface area contributed by atoms with Crippen LogP contribution >= 0.6 is 27.5 Å². The molecule has 0 fully saturated rings. The van der Waals surface area contributed by atoms with Gasteiger partial charge in [0.2, 0.25) is 11.8 Å². The number of halogens is 2. The molecule has 2 rings (SSSR count). The van der Waals surface area contributed by atoms with Gasteiger partial charge in [0.15, 0.2) is 11.5 Å². The van der Waals surface area contributed by atoms with Crippen LogP contribution in [0.5, 0.6) is 11.5 Å². The van der Waals surface area contributed by atoms with E-state index in [-0.39, 0.29) is 24.7 Å². The zero-order chi connectivity index (χ0) is 22.6. The summed E-state index contributed by atoms with van der Waals surface area (Å²) in [5.74, 6) is 0.574. The van der Waals surface area contributed by atoms with Gasteiger partial charge in [-0.25, -0.2) is 5.43 Å². The molecule has 0 saturated carbocycles. The van der Waals surface area contributed by atoms with Gasteiger partial charge < -0.3 is 14.8 Å². The Bertz CT molecular complexity index is 937. The number of nitrogens with zero attached hydrogens (tertiary/aromatic N) is 1. The number of rotatable bonds is 11. The first-order valence-corrected chi connectivity index (χ1v) is 11.1. The number of hydrogen-bond donors (Lipinski definition) is 2. The number of amides is 2. The third-order valence-corrected chi connectivity index (χ3v) is 4.70. The maximum atomic E-state index is 12.0. The van der Waals surface area contributed by atoms with Crippen molar-refractivity contribution in [2.24, 2.45) is 5.10 Å². The van der Waals surface area contributed by atoms with Crippen LogP contribution in [0.4, 0.5) is 5.69 Å². The van der Waals surface area contributed by atoms with Crippen LogP contribution in [-0.4, -0.2) is 31.2 Å². The third-order valence-electron chi connectivity index (χ3n) is 3.87. The number of carbonyl (C=O) groups is 2. The second-order valence-electron chi connectivity index (χ2n) is 6.46. The van der Waals surface area contributed by atoms with Crippen molar-refractivity contribution in [2.75, 3.05) is 18.5 Å². The number of ether oxygens (including phenoxy) is 2. The van der Waals surface area contributed by atoms with Crippen molar-refractivity contribution in [1.29, 1.82) is 0 Å². The first-order valence-electron chi connectivity index (χ1n) is 9.89. The van der Waals surface area contributed by atoms with Gasteiger partial charge in [-0.3, -0.25) is 9.59 Å². The first kappa shape index (κ1) is 24.7. The van der Waals surface area contributed by atoms with Gasteiger partial charge >= 0.3 is 0 Å². The van der Waals surface area contributed by atoms with Gasteiger partial charge in [-0.15, -0.1) is 0 Å². The van der Waals surface area contributed by atoms with E-state index in [0.29, 0.717) is 35.4 Å². The van der Waals surface area contributed by atoms with E-state index in [2.05, 4.69) is 31.8 Å². The molecule has 0 bridgehead atoms. The summed E-state index contributed by atoms with van der Waals surface area (Å²) in [6, 6.07) is 10.4. The van der Waals surface area contributed by atoms with Gasteiger partial charge in [-0.2, -0.15) is 5.10 Å². The van der Waals surface area contributed by atoms with E-state index in [1.54, 1.807) is 30.3 Å². The first-order chi connectivity index (χ1) is 14.9. The molecule has 0 aliphatic heterocycles. The van der Waals surface area contributed by atoms with Crippen molar-refractivity contribution in [2.45, 2.75) is 33.1 Å². The summed E-state index contributed by atoms with van der Waals surface area (Å²) in [4.78, 5) is 23.9. The van der Waals surface area contributed by atoms with Crippen molar-refractivity contribution in [3.63, 3.8) is 0 Å². The molecule has 0 spiro atoms. The Morgan fingerprint density at radius 3 is 2.61 bits per heavy atom. The molecule has 0 aliphatic carbocycles. The molecule has 0 atom stereocenters. The Hall–Kier alpha value is -2.58. The lowest BCUT2D eigenvalue weighted by molar-refractivity contribution is -0.124. The van der Waals surface area contributed by atoms with Crippen LogP contribution in [0.2, 0.25) is 5.02 Å². The Balaban J connectivity index is 1.88. The lowest BCUT2D eigenvalue weighted by atomic mass is 10.2. The fraction of sp³-hybridized carbons (Fsp3) is 0.318. The maximum Gasteiger partial charge on any atom is 0.240 e. The maximum absolute atomic E-state index is 12.0. The van der Waals surface area contributed by atoms with E-state index in [9.17, 15) is 9.59 Å². The van der Waals surface area contributed by atoms with Gasteiger partial charge in [0.25, 0.3) is 0 Å². The molecule has 0 radical (unpaired) electrons. The molecule has 2 amide bonds. The second-order valence-corrected chi connectivity index (χ2v) is 7.75. The zero-order valence-electron chi connectivity index (χ0n) is 17.4. The van der Waals surface area contributed by atoms with E-state index in [1.165, 1.54) is 6.21 Å². The molecule has 2 aromatic carbocycles. The van der Waals surface area contributed by atoms with Crippen LogP contribution in [0.3, 0.4) is 0 Å². The van der Waals surface area contributed by atoms with Gasteiger partial charge in [-0.05, 0) is 65.2 Å². The van der Waals surface area contributed by atoms with E-state index in [0.717, 1.165) is 16.5 Å². The highest BCUT2D eigenvalue weighted by Gasteiger charge is 2.12. The fourth-order valence-corrected chi connectivity index (χ4v) is 3.29. The van der Waals surface area contributed by atoms with Crippen LogP contribution in [-0.2, 0) is 9.59 Å². The van der Waals surface area contributed by atoms with Gasteiger partial charge in [0.05, 0.1) is 23.9 Å². The molecule has 166 valence electrons. The van der Waals surface area contributed by atoms with Gasteiger partial charge in [0, 0.05) is 23.6 Å². The molecule has 0 aromatic heterocycles. The standard InChI is InChI=1S/C22H25BrClN3O4/c1-3-10-31-22-18(23)11-15(12-19(22)30-4-2)14-25-27-21(29)9-8-20(28)26-17-7-5-6-16(24)13-17/h5-7,11-14H,3-4,8-10H2,1-2H3,(H,26,28)(H,27,29). The minimum Gasteiger partial charge on any atom is -0.490 e. The van der Waals surface area contributed by atoms with Crippen molar-refractivity contribution in [3.05, 3.63) is 51.5 Å². The fourth-order valence-electron chi connectivity index (χ4n) is 2.52. The summed E-state index contributed by atoms with van der Waals surface area (Å²) in [6.45, 7) is 4.98. The minimum absolute atomic E-state index is 0.00141. The zero-order valence-corrected chi connectivity index (χ0v) is 19.8. The highest BCUT2D eigenvalue weighted by atomic mass is 79.9. The SMILES string of the molecule is CCCOc1c(Br)cc(C=NNC(=O)CCC(=O)Nc2cccc(Cl)c2)cc1OCC. The smallest absolute Gasteiger partial charge is 0.240 e. The molecule has 0 heterocycles.